The molecule has 178 valence electrons. The number of nitrogens with one attached hydrogen (secondary N) is 1. The van der Waals surface area contributed by atoms with E-state index < -0.39 is 17.8 Å². The Bertz CT molecular complexity index is 1300. The molecule has 0 aromatic heterocycles. The van der Waals surface area contributed by atoms with Crippen LogP contribution in [0.15, 0.2) is 66.7 Å². The summed E-state index contributed by atoms with van der Waals surface area (Å²) in [6.45, 7) is 0.119. The van der Waals surface area contributed by atoms with Crippen LogP contribution in [0.5, 0.6) is 5.75 Å². The van der Waals surface area contributed by atoms with Crippen molar-refractivity contribution in [3.63, 3.8) is 0 Å². The van der Waals surface area contributed by atoms with Crippen molar-refractivity contribution in [1.29, 1.82) is 0 Å². The first-order chi connectivity index (χ1) is 16.8. The van der Waals surface area contributed by atoms with E-state index in [9.17, 15) is 24.3 Å². The molecule has 0 spiro atoms. The van der Waals surface area contributed by atoms with Crippen molar-refractivity contribution in [3.8, 4) is 16.9 Å². The molecule has 2 amide bonds. The first-order valence-corrected chi connectivity index (χ1v) is 10.8. The summed E-state index contributed by atoms with van der Waals surface area (Å²) in [6, 6.07) is 19.0. The molecule has 1 heterocycles. The summed E-state index contributed by atoms with van der Waals surface area (Å²) in [5, 5.41) is 20.8. The fraction of sp³-hybridized carbons (Fsp3) is 0.154. The van der Waals surface area contributed by atoms with E-state index in [1.54, 1.807) is 47.4 Å². The molecule has 0 atom stereocenters. The number of carbonyl (C=O) groups is 4. The molecule has 9 heteroatoms. The van der Waals surface area contributed by atoms with Gasteiger partial charge in [0.1, 0.15) is 5.75 Å². The molecule has 1 aliphatic heterocycles. The molecule has 35 heavy (non-hydrogen) atoms. The summed E-state index contributed by atoms with van der Waals surface area (Å²) >= 11 is 0. The lowest BCUT2D eigenvalue weighted by atomic mass is 9.98. The molecule has 9 nitrogen and oxygen atoms in total. The number of hydrogen-bond acceptors (Lipinski definition) is 5. The molecule has 0 saturated heterocycles. The van der Waals surface area contributed by atoms with Gasteiger partial charge in [-0.25, -0.2) is 4.79 Å². The number of aromatic carboxylic acids is 1. The minimum atomic E-state index is -1.05. The summed E-state index contributed by atoms with van der Waals surface area (Å²) < 4.78 is 5.54. The quantitative estimate of drug-likeness (QED) is 0.452. The molecule has 0 radical (unpaired) electrons. The van der Waals surface area contributed by atoms with Crippen LogP contribution in [0.25, 0.3) is 11.1 Å². The number of rotatable bonds is 8. The lowest BCUT2D eigenvalue weighted by molar-refractivity contribution is -0.138. The second-order valence-corrected chi connectivity index (χ2v) is 7.94. The number of anilines is 2. The highest BCUT2D eigenvalue weighted by Gasteiger charge is 2.26. The van der Waals surface area contributed by atoms with Gasteiger partial charge in [-0.3, -0.25) is 14.4 Å². The number of hydrogen-bond donors (Lipinski definition) is 3. The van der Waals surface area contributed by atoms with Crippen LogP contribution < -0.4 is 15.0 Å². The molecular weight excluding hydrogens is 452 g/mol. The Morgan fingerprint density at radius 1 is 0.943 bits per heavy atom. The van der Waals surface area contributed by atoms with E-state index in [1.807, 2.05) is 24.3 Å². The van der Waals surface area contributed by atoms with Gasteiger partial charge in [0.05, 0.1) is 24.2 Å². The van der Waals surface area contributed by atoms with Crippen molar-refractivity contribution >= 4 is 35.1 Å². The van der Waals surface area contributed by atoms with Crippen LogP contribution in [0, 0.1) is 0 Å². The first-order valence-electron chi connectivity index (χ1n) is 10.8. The van der Waals surface area contributed by atoms with Gasteiger partial charge in [-0.2, -0.15) is 0 Å². The molecule has 1 aliphatic rings. The number of carboxylic acids is 2. The third kappa shape index (κ3) is 5.47. The van der Waals surface area contributed by atoms with E-state index in [2.05, 4.69) is 5.32 Å². The van der Waals surface area contributed by atoms with Crippen molar-refractivity contribution in [2.45, 2.75) is 19.4 Å². The van der Waals surface area contributed by atoms with E-state index >= 15 is 0 Å². The van der Waals surface area contributed by atoms with Crippen molar-refractivity contribution < 1.29 is 34.1 Å². The van der Waals surface area contributed by atoms with Crippen LogP contribution in [0.3, 0.4) is 0 Å². The Morgan fingerprint density at radius 2 is 1.69 bits per heavy atom. The van der Waals surface area contributed by atoms with Crippen molar-refractivity contribution in [2.24, 2.45) is 0 Å². The Hall–Kier alpha value is -4.66. The van der Waals surface area contributed by atoms with Gasteiger partial charge in [-0.05, 0) is 34.9 Å². The summed E-state index contributed by atoms with van der Waals surface area (Å²) in [7, 11) is 0. The molecular formula is C26H22N2O7. The number of fused-ring (bicyclic) bond motifs is 1. The lowest BCUT2D eigenvalue weighted by Crippen LogP contribution is -2.38. The SMILES string of the molecule is O=C(O)CCC(=O)Nc1ccc2c(c1)OCC(=O)N2Cc1ccc(-c2ccccc2C(=O)O)cc1. The Labute approximate surface area is 200 Å². The van der Waals surface area contributed by atoms with E-state index in [0.29, 0.717) is 22.7 Å². The minimum Gasteiger partial charge on any atom is -0.481 e. The van der Waals surface area contributed by atoms with Crippen LogP contribution in [0.4, 0.5) is 11.4 Å². The van der Waals surface area contributed by atoms with Crippen LogP contribution in [-0.2, 0) is 20.9 Å². The van der Waals surface area contributed by atoms with Crippen LogP contribution in [0.2, 0.25) is 0 Å². The normalized spacial score (nSPS) is 12.5. The molecule has 0 unspecified atom stereocenters. The standard InChI is InChI=1S/C26H22N2O7/c29-23(11-12-25(31)32)27-18-9-10-21-22(13-18)35-15-24(30)28(21)14-16-5-7-17(8-6-16)19-3-1-2-4-20(19)26(33)34/h1-10,13H,11-12,14-15H2,(H,27,29)(H,31,32)(H,33,34). The zero-order valence-electron chi connectivity index (χ0n) is 18.6. The number of nitrogens with zero attached hydrogens (tertiary/aromatic N) is 1. The third-order valence-electron chi connectivity index (χ3n) is 5.52. The average Bonchev–Trinajstić information content (AvgIpc) is 2.85. The summed E-state index contributed by atoms with van der Waals surface area (Å²) in [5.74, 6) is -2.29. The third-order valence-corrected chi connectivity index (χ3v) is 5.52. The molecule has 0 fully saturated rings. The highest BCUT2D eigenvalue weighted by atomic mass is 16.5. The molecule has 0 aliphatic carbocycles. The monoisotopic (exact) mass is 474 g/mol. The fourth-order valence-electron chi connectivity index (χ4n) is 3.79. The van der Waals surface area contributed by atoms with Gasteiger partial charge < -0.3 is 25.2 Å². The molecule has 0 bridgehead atoms. The zero-order valence-corrected chi connectivity index (χ0v) is 18.6. The van der Waals surface area contributed by atoms with Crippen LogP contribution >= 0.6 is 0 Å². The van der Waals surface area contributed by atoms with E-state index in [4.69, 9.17) is 9.84 Å². The van der Waals surface area contributed by atoms with E-state index in [-0.39, 0.29) is 37.5 Å². The lowest BCUT2D eigenvalue weighted by Gasteiger charge is -2.30. The highest BCUT2D eigenvalue weighted by Crippen LogP contribution is 2.36. The predicted molar refractivity (Wildman–Crippen MR) is 127 cm³/mol. The van der Waals surface area contributed by atoms with Gasteiger partial charge in [0, 0.05) is 18.2 Å². The summed E-state index contributed by atoms with van der Waals surface area (Å²) in [4.78, 5) is 48.2. The van der Waals surface area contributed by atoms with Gasteiger partial charge in [0.25, 0.3) is 5.91 Å². The largest absolute Gasteiger partial charge is 0.481 e. The molecule has 0 saturated carbocycles. The van der Waals surface area contributed by atoms with Crippen molar-refractivity contribution in [3.05, 3.63) is 77.9 Å². The Balaban J connectivity index is 1.51. The molecule has 3 N–H and O–H groups in total. The number of amides is 2. The van der Waals surface area contributed by atoms with Gasteiger partial charge in [-0.15, -0.1) is 0 Å². The second-order valence-electron chi connectivity index (χ2n) is 7.94. The molecule has 4 rings (SSSR count). The smallest absolute Gasteiger partial charge is 0.336 e. The Morgan fingerprint density at radius 3 is 2.40 bits per heavy atom. The fourth-order valence-corrected chi connectivity index (χ4v) is 3.79. The van der Waals surface area contributed by atoms with Crippen LogP contribution in [0.1, 0.15) is 28.8 Å². The van der Waals surface area contributed by atoms with Gasteiger partial charge in [0.2, 0.25) is 5.91 Å². The highest BCUT2D eigenvalue weighted by molar-refractivity contribution is 5.99. The first kappa shape index (κ1) is 23.5. The molecule has 3 aromatic rings. The maximum Gasteiger partial charge on any atom is 0.336 e. The van der Waals surface area contributed by atoms with Crippen molar-refractivity contribution in [2.75, 3.05) is 16.8 Å². The number of aliphatic carboxylic acids is 1. The second kappa shape index (κ2) is 10.1. The van der Waals surface area contributed by atoms with Crippen molar-refractivity contribution in [1.82, 2.24) is 0 Å². The number of ether oxygens (including phenoxy) is 1. The average molecular weight is 474 g/mol. The maximum absolute atomic E-state index is 12.6. The predicted octanol–water partition coefficient (Wildman–Crippen LogP) is 3.78. The summed E-state index contributed by atoms with van der Waals surface area (Å²) in [6.07, 6.45) is -0.416. The number of benzene rings is 3. The number of carbonyl (C=O) groups excluding carboxylic acids is 2. The van der Waals surface area contributed by atoms with Crippen LogP contribution in [-0.4, -0.2) is 40.6 Å². The summed E-state index contributed by atoms with van der Waals surface area (Å²) in [5.41, 5.74) is 3.40. The minimum absolute atomic E-state index is 0.148. The van der Waals surface area contributed by atoms with Gasteiger partial charge in [0.15, 0.2) is 6.61 Å². The molecule has 3 aromatic carbocycles. The van der Waals surface area contributed by atoms with Gasteiger partial charge in [-0.1, -0.05) is 42.5 Å². The number of carboxylic acid groups (broad SMARTS) is 2. The van der Waals surface area contributed by atoms with E-state index in [1.165, 1.54) is 0 Å². The van der Waals surface area contributed by atoms with Gasteiger partial charge >= 0.3 is 11.9 Å². The Kier molecular flexibility index (Phi) is 6.77. The van der Waals surface area contributed by atoms with E-state index in [0.717, 1.165) is 11.1 Å². The topological polar surface area (TPSA) is 133 Å². The maximum atomic E-state index is 12.6. The zero-order chi connectivity index (χ0) is 24.9.